The zero-order valence-electron chi connectivity index (χ0n) is 20.0. The molecular weight excluding hydrogens is 529 g/mol. The highest BCUT2D eigenvalue weighted by Gasteiger charge is 2.29. The number of hydrogen-bond acceptors (Lipinski definition) is 6. The number of nitrogen functional groups attached to an aromatic ring is 1. The molecule has 4 aromatic rings. The van der Waals surface area contributed by atoms with Crippen LogP contribution in [-0.4, -0.2) is 24.3 Å². The number of rotatable bonds is 7. The van der Waals surface area contributed by atoms with Crippen LogP contribution >= 0.6 is 11.6 Å². The average molecular weight is 552 g/mol. The molecule has 1 atom stereocenters. The number of fused-ring (bicyclic) bond motifs is 1. The first-order valence-electron chi connectivity index (χ1n) is 11.7. The first kappa shape index (κ1) is 25.8. The van der Waals surface area contributed by atoms with Crippen LogP contribution in [0.5, 0.6) is 0 Å². The van der Waals surface area contributed by atoms with Gasteiger partial charge in [0.15, 0.2) is 0 Å². The van der Waals surface area contributed by atoms with Crippen LogP contribution in [0.25, 0.3) is 0 Å². The number of nitrogens with zero attached hydrogens (tertiary/aromatic N) is 3. The third-order valence-electron chi connectivity index (χ3n) is 6.36. The molecule has 3 aromatic carbocycles. The number of amides is 1. The largest absolute Gasteiger partial charge is 0.368 e. The van der Waals surface area contributed by atoms with Crippen molar-refractivity contribution in [2.45, 2.75) is 30.3 Å². The van der Waals surface area contributed by atoms with E-state index in [0.29, 0.717) is 34.7 Å². The highest BCUT2D eigenvalue weighted by atomic mass is 35.5. The van der Waals surface area contributed by atoms with Gasteiger partial charge in [0.25, 0.3) is 5.91 Å². The lowest BCUT2D eigenvalue weighted by Gasteiger charge is -2.25. The molecule has 0 radical (unpaired) electrons. The topological polar surface area (TPSA) is 118 Å². The molecule has 1 aliphatic rings. The molecule has 1 heterocycles. The zero-order chi connectivity index (χ0) is 26.9. The van der Waals surface area contributed by atoms with E-state index in [2.05, 4.69) is 14.7 Å². The van der Waals surface area contributed by atoms with Crippen molar-refractivity contribution < 1.29 is 17.6 Å². The van der Waals surface area contributed by atoms with Crippen molar-refractivity contribution in [2.75, 3.05) is 10.6 Å². The predicted octanol–water partition coefficient (Wildman–Crippen LogP) is 4.66. The van der Waals surface area contributed by atoms with E-state index >= 15 is 0 Å². The van der Waals surface area contributed by atoms with Crippen LogP contribution in [0.15, 0.2) is 84.0 Å². The summed E-state index contributed by atoms with van der Waals surface area (Å²) in [5.41, 5.74) is 8.88. The van der Waals surface area contributed by atoms with E-state index < -0.39 is 21.9 Å². The van der Waals surface area contributed by atoms with E-state index in [1.807, 2.05) is 18.2 Å². The molecule has 1 amide bonds. The molecule has 1 unspecified atom stereocenters. The van der Waals surface area contributed by atoms with Crippen LogP contribution in [-0.2, 0) is 23.0 Å². The van der Waals surface area contributed by atoms with E-state index in [1.165, 1.54) is 12.1 Å². The van der Waals surface area contributed by atoms with Gasteiger partial charge in [-0.05, 0) is 72.5 Å². The molecule has 0 spiro atoms. The number of sulfonamides is 1. The van der Waals surface area contributed by atoms with E-state index in [0.717, 1.165) is 23.3 Å². The Labute approximate surface area is 224 Å². The zero-order valence-corrected chi connectivity index (χ0v) is 21.6. The van der Waals surface area contributed by atoms with E-state index in [1.54, 1.807) is 41.6 Å². The first-order chi connectivity index (χ1) is 18.2. The SMILES string of the molecule is Nc1ncc(CN(C(=O)c2ccccc2Cl)c2ccc3c(c2)C(NS(=O)(=O)c2ccc(F)cc2)CC3)cn1. The van der Waals surface area contributed by atoms with Crippen molar-refractivity contribution in [2.24, 2.45) is 0 Å². The summed E-state index contributed by atoms with van der Waals surface area (Å²) in [7, 11) is -3.90. The van der Waals surface area contributed by atoms with Gasteiger partial charge in [-0.1, -0.05) is 29.8 Å². The fourth-order valence-electron chi connectivity index (χ4n) is 4.44. The molecular formula is C27H23ClFN5O3S. The number of hydrogen-bond donors (Lipinski definition) is 2. The van der Waals surface area contributed by atoms with Crippen molar-refractivity contribution in [3.63, 3.8) is 0 Å². The second-order valence-electron chi connectivity index (χ2n) is 8.87. The summed E-state index contributed by atoms with van der Waals surface area (Å²) in [6.45, 7) is 0.134. The standard InChI is InChI=1S/C27H23ClFN5O3S/c28-24-4-2-1-3-22(24)26(35)34(16-17-14-31-27(30)32-15-17)20-9-5-18-6-12-25(23(18)13-20)33-38(36,37)21-10-7-19(29)8-11-21/h1-5,7-11,13-15,25,33H,6,12,16H2,(H2,30,31,32). The summed E-state index contributed by atoms with van der Waals surface area (Å²) >= 11 is 6.34. The lowest BCUT2D eigenvalue weighted by atomic mass is 10.1. The molecule has 11 heteroatoms. The summed E-state index contributed by atoms with van der Waals surface area (Å²) in [6.07, 6.45) is 4.30. The maximum atomic E-state index is 13.7. The van der Waals surface area contributed by atoms with Crippen LogP contribution in [0, 0.1) is 5.82 Å². The predicted molar refractivity (Wildman–Crippen MR) is 143 cm³/mol. The smallest absolute Gasteiger partial charge is 0.260 e. The van der Waals surface area contributed by atoms with Gasteiger partial charge in [-0.2, -0.15) is 0 Å². The van der Waals surface area contributed by atoms with E-state index in [4.69, 9.17) is 17.3 Å². The molecule has 194 valence electrons. The molecule has 38 heavy (non-hydrogen) atoms. The Kier molecular flexibility index (Phi) is 7.11. The van der Waals surface area contributed by atoms with Gasteiger partial charge in [0.1, 0.15) is 5.82 Å². The van der Waals surface area contributed by atoms with Crippen LogP contribution in [0.1, 0.15) is 39.5 Å². The lowest BCUT2D eigenvalue weighted by molar-refractivity contribution is 0.0985. The Morgan fingerprint density at radius 3 is 2.50 bits per heavy atom. The van der Waals surface area contributed by atoms with Crippen LogP contribution in [0.3, 0.4) is 0 Å². The van der Waals surface area contributed by atoms with Crippen LogP contribution in [0.4, 0.5) is 16.0 Å². The Balaban J connectivity index is 1.50. The van der Waals surface area contributed by atoms with Gasteiger partial charge in [0, 0.05) is 29.7 Å². The molecule has 0 bridgehead atoms. The Hall–Kier alpha value is -3.86. The molecule has 0 aliphatic heterocycles. The minimum atomic E-state index is -3.90. The van der Waals surface area contributed by atoms with Crippen molar-refractivity contribution in [3.05, 3.63) is 112 Å². The fraction of sp³-hybridized carbons (Fsp3) is 0.148. The number of nitrogens with two attached hydrogens (primary N) is 1. The van der Waals surface area contributed by atoms with Crippen molar-refractivity contribution in [3.8, 4) is 0 Å². The van der Waals surface area contributed by atoms with Crippen LogP contribution in [0.2, 0.25) is 5.02 Å². The summed E-state index contributed by atoms with van der Waals surface area (Å²) in [6, 6.07) is 16.4. The van der Waals surface area contributed by atoms with E-state index in [-0.39, 0.29) is 23.3 Å². The van der Waals surface area contributed by atoms with Gasteiger partial charge in [-0.15, -0.1) is 0 Å². The third kappa shape index (κ3) is 5.38. The summed E-state index contributed by atoms with van der Waals surface area (Å²) < 4.78 is 42.0. The second-order valence-corrected chi connectivity index (χ2v) is 11.0. The molecule has 0 saturated heterocycles. The van der Waals surface area contributed by atoms with Gasteiger partial charge >= 0.3 is 0 Å². The summed E-state index contributed by atoms with van der Waals surface area (Å²) in [5, 5.41) is 0.308. The molecule has 1 aliphatic carbocycles. The minimum absolute atomic E-state index is 0.0256. The van der Waals surface area contributed by atoms with Crippen molar-refractivity contribution >= 4 is 39.2 Å². The Morgan fingerprint density at radius 1 is 1.08 bits per heavy atom. The van der Waals surface area contributed by atoms with Gasteiger partial charge in [-0.25, -0.2) is 27.5 Å². The van der Waals surface area contributed by atoms with Gasteiger partial charge in [0.05, 0.1) is 22.0 Å². The van der Waals surface area contributed by atoms with Crippen molar-refractivity contribution in [1.29, 1.82) is 0 Å². The number of nitrogens with one attached hydrogen (secondary N) is 1. The Morgan fingerprint density at radius 2 is 1.79 bits per heavy atom. The monoisotopic (exact) mass is 551 g/mol. The number of anilines is 2. The minimum Gasteiger partial charge on any atom is -0.368 e. The number of aryl methyl sites for hydroxylation is 1. The van der Waals surface area contributed by atoms with Crippen molar-refractivity contribution in [1.82, 2.24) is 14.7 Å². The maximum Gasteiger partial charge on any atom is 0.260 e. The number of carbonyl (C=O) groups is 1. The quantitative estimate of drug-likeness (QED) is 0.345. The molecule has 0 saturated carbocycles. The molecule has 5 rings (SSSR count). The highest BCUT2D eigenvalue weighted by Crippen LogP contribution is 2.36. The summed E-state index contributed by atoms with van der Waals surface area (Å²) in [4.78, 5) is 23.3. The molecule has 1 aromatic heterocycles. The molecule has 0 fully saturated rings. The number of aromatic nitrogens is 2. The lowest BCUT2D eigenvalue weighted by Crippen LogP contribution is -2.31. The normalized spacial score (nSPS) is 14.7. The van der Waals surface area contributed by atoms with Crippen LogP contribution < -0.4 is 15.4 Å². The number of carbonyl (C=O) groups excluding carboxylic acids is 1. The van der Waals surface area contributed by atoms with E-state index in [9.17, 15) is 17.6 Å². The first-order valence-corrected chi connectivity index (χ1v) is 13.6. The van der Waals surface area contributed by atoms with Gasteiger partial charge in [0.2, 0.25) is 16.0 Å². The Bertz CT molecular complexity index is 1600. The number of halogens is 2. The third-order valence-corrected chi connectivity index (χ3v) is 8.17. The number of benzene rings is 3. The fourth-order valence-corrected chi connectivity index (χ4v) is 5.90. The maximum absolute atomic E-state index is 13.7. The highest BCUT2D eigenvalue weighted by molar-refractivity contribution is 7.89. The average Bonchev–Trinajstić information content (AvgIpc) is 3.29. The van der Waals surface area contributed by atoms with Gasteiger partial charge < -0.3 is 10.6 Å². The second kappa shape index (κ2) is 10.5. The molecule has 8 nitrogen and oxygen atoms in total. The van der Waals surface area contributed by atoms with Gasteiger partial charge in [-0.3, -0.25) is 4.79 Å². The summed E-state index contributed by atoms with van der Waals surface area (Å²) in [5.74, 6) is -0.741. The molecule has 3 N–H and O–H groups in total.